The molecule has 0 saturated heterocycles. The largest absolute Gasteiger partial charge is 0.438 e. The zero-order valence-corrected chi connectivity index (χ0v) is 14.8. The predicted octanol–water partition coefficient (Wildman–Crippen LogP) is 3.20. The number of nitrogens with one attached hydrogen (secondary N) is 2. The maximum absolute atomic E-state index is 6.05. The molecule has 8 heteroatoms. The molecule has 4 aromatic rings. The van der Waals surface area contributed by atoms with Crippen molar-refractivity contribution in [3.8, 4) is 11.6 Å². The van der Waals surface area contributed by atoms with E-state index in [0.717, 1.165) is 10.9 Å². The molecule has 0 aliphatic heterocycles. The SMILES string of the molecule is Cn1ccc(Nc2nc(Oc3cccc(C=CCN)c3)c3cc[nH]c3n2)n1. The van der Waals surface area contributed by atoms with Gasteiger partial charge in [0.25, 0.3) is 0 Å². The zero-order valence-electron chi connectivity index (χ0n) is 14.8. The number of ether oxygens (including phenoxy) is 1. The summed E-state index contributed by atoms with van der Waals surface area (Å²) in [6, 6.07) is 11.4. The van der Waals surface area contributed by atoms with E-state index < -0.39 is 0 Å². The second-order valence-electron chi connectivity index (χ2n) is 5.90. The third-order valence-corrected chi connectivity index (χ3v) is 3.85. The Hall–Kier alpha value is -3.65. The number of benzene rings is 1. The number of fused-ring (bicyclic) bond motifs is 1. The molecule has 8 nitrogen and oxygen atoms in total. The smallest absolute Gasteiger partial charge is 0.233 e. The molecule has 0 amide bonds. The topological polar surface area (TPSA) is 107 Å². The summed E-state index contributed by atoms with van der Waals surface area (Å²) in [6.45, 7) is 0.490. The van der Waals surface area contributed by atoms with Crippen molar-refractivity contribution < 1.29 is 4.74 Å². The minimum absolute atomic E-state index is 0.401. The molecule has 0 saturated carbocycles. The molecule has 4 N–H and O–H groups in total. The fourth-order valence-corrected chi connectivity index (χ4v) is 2.64. The van der Waals surface area contributed by atoms with E-state index in [0.29, 0.717) is 35.6 Å². The average molecular weight is 361 g/mol. The molecule has 0 radical (unpaired) electrons. The quantitative estimate of drug-likeness (QED) is 0.487. The highest BCUT2D eigenvalue weighted by molar-refractivity contribution is 5.82. The molecule has 3 heterocycles. The number of aryl methyl sites for hydroxylation is 1. The summed E-state index contributed by atoms with van der Waals surface area (Å²) in [4.78, 5) is 12.1. The van der Waals surface area contributed by atoms with E-state index >= 15 is 0 Å². The van der Waals surface area contributed by atoms with Gasteiger partial charge in [0.15, 0.2) is 5.82 Å². The fourth-order valence-electron chi connectivity index (χ4n) is 2.64. The standard InChI is InChI=1S/C19H19N7O/c1-26-11-8-16(25-26)22-19-23-17-15(7-10-21-17)18(24-19)27-14-6-2-4-13(12-14)5-3-9-20/h2-8,10-12H,9,20H2,1H3,(H2,21,22,23,24,25). The molecular weight excluding hydrogens is 342 g/mol. The number of aromatic nitrogens is 5. The summed E-state index contributed by atoms with van der Waals surface area (Å²) >= 11 is 0. The highest BCUT2D eigenvalue weighted by Gasteiger charge is 2.12. The number of hydrogen-bond acceptors (Lipinski definition) is 6. The van der Waals surface area contributed by atoms with Gasteiger partial charge >= 0.3 is 0 Å². The summed E-state index contributed by atoms with van der Waals surface area (Å²) in [7, 11) is 1.85. The number of anilines is 2. The van der Waals surface area contributed by atoms with Gasteiger partial charge in [0, 0.05) is 32.1 Å². The first-order valence-electron chi connectivity index (χ1n) is 8.47. The number of nitrogens with zero attached hydrogens (tertiary/aromatic N) is 4. The molecule has 136 valence electrons. The number of nitrogens with two attached hydrogens (primary N) is 1. The third kappa shape index (κ3) is 3.80. The van der Waals surface area contributed by atoms with Gasteiger partial charge in [0.05, 0.1) is 5.39 Å². The van der Waals surface area contributed by atoms with Crippen LogP contribution in [0.5, 0.6) is 11.6 Å². The first-order chi connectivity index (χ1) is 13.2. The molecule has 0 fully saturated rings. The number of hydrogen-bond donors (Lipinski definition) is 3. The summed E-state index contributed by atoms with van der Waals surface area (Å²) in [5, 5.41) is 8.17. The Labute approximate surface area is 155 Å². The van der Waals surface area contributed by atoms with E-state index in [1.807, 2.05) is 61.8 Å². The van der Waals surface area contributed by atoms with Crippen LogP contribution in [0.25, 0.3) is 17.1 Å². The summed E-state index contributed by atoms with van der Waals surface area (Å²) in [6.07, 6.45) is 7.49. The van der Waals surface area contributed by atoms with E-state index in [1.54, 1.807) is 10.9 Å². The molecule has 27 heavy (non-hydrogen) atoms. The maximum Gasteiger partial charge on any atom is 0.233 e. The summed E-state index contributed by atoms with van der Waals surface area (Å²) in [5.74, 6) is 2.19. The molecule has 1 aromatic carbocycles. The van der Waals surface area contributed by atoms with Gasteiger partial charge in [-0.05, 0) is 23.8 Å². The van der Waals surface area contributed by atoms with Gasteiger partial charge in [0.2, 0.25) is 11.8 Å². The van der Waals surface area contributed by atoms with E-state index in [4.69, 9.17) is 10.5 Å². The van der Waals surface area contributed by atoms with Crippen molar-refractivity contribution in [1.29, 1.82) is 0 Å². The average Bonchev–Trinajstić information content (AvgIpc) is 3.29. The fraction of sp³-hybridized carbons (Fsp3) is 0.105. The highest BCUT2D eigenvalue weighted by Crippen LogP contribution is 2.29. The lowest BCUT2D eigenvalue weighted by atomic mass is 10.2. The Bertz CT molecular complexity index is 1100. The maximum atomic E-state index is 6.05. The molecular formula is C19H19N7O. The van der Waals surface area contributed by atoms with Gasteiger partial charge in [-0.1, -0.05) is 24.3 Å². The van der Waals surface area contributed by atoms with Gasteiger partial charge in [-0.25, -0.2) is 0 Å². The second-order valence-corrected chi connectivity index (χ2v) is 5.90. The van der Waals surface area contributed by atoms with Crippen molar-refractivity contribution in [2.75, 3.05) is 11.9 Å². The minimum atomic E-state index is 0.401. The van der Waals surface area contributed by atoms with Crippen LogP contribution in [0.4, 0.5) is 11.8 Å². The van der Waals surface area contributed by atoms with Gasteiger partial charge in [-0.3, -0.25) is 4.68 Å². The molecule has 0 aliphatic carbocycles. The van der Waals surface area contributed by atoms with E-state index in [1.165, 1.54) is 0 Å². The Kier molecular flexibility index (Phi) is 4.54. The Morgan fingerprint density at radius 2 is 2.19 bits per heavy atom. The van der Waals surface area contributed by atoms with Crippen LogP contribution in [0.1, 0.15) is 5.56 Å². The lowest BCUT2D eigenvalue weighted by Gasteiger charge is -2.09. The van der Waals surface area contributed by atoms with Crippen molar-refractivity contribution in [3.05, 3.63) is 60.4 Å². The number of H-pyrrole nitrogens is 1. The highest BCUT2D eigenvalue weighted by atomic mass is 16.5. The predicted molar refractivity (Wildman–Crippen MR) is 105 cm³/mol. The van der Waals surface area contributed by atoms with Crippen LogP contribution in [-0.2, 0) is 7.05 Å². The van der Waals surface area contributed by atoms with Gasteiger partial charge in [0.1, 0.15) is 11.4 Å². The normalized spacial score (nSPS) is 11.3. The van der Waals surface area contributed by atoms with Crippen LogP contribution in [0.2, 0.25) is 0 Å². The molecule has 4 rings (SSSR count). The third-order valence-electron chi connectivity index (χ3n) is 3.85. The number of aromatic amines is 1. The Morgan fingerprint density at radius 3 is 3.00 bits per heavy atom. The van der Waals surface area contributed by atoms with Crippen molar-refractivity contribution >= 4 is 28.9 Å². The first-order valence-corrected chi connectivity index (χ1v) is 8.47. The molecule has 0 bridgehead atoms. The van der Waals surface area contributed by atoms with Crippen molar-refractivity contribution in [1.82, 2.24) is 24.7 Å². The Morgan fingerprint density at radius 1 is 1.26 bits per heavy atom. The van der Waals surface area contributed by atoms with Crippen LogP contribution < -0.4 is 15.8 Å². The van der Waals surface area contributed by atoms with Crippen LogP contribution in [0.15, 0.2) is 54.9 Å². The molecule has 0 unspecified atom stereocenters. The lowest BCUT2D eigenvalue weighted by Crippen LogP contribution is -2.01. The minimum Gasteiger partial charge on any atom is -0.438 e. The van der Waals surface area contributed by atoms with Crippen LogP contribution in [-0.4, -0.2) is 31.3 Å². The van der Waals surface area contributed by atoms with Gasteiger partial charge in [-0.15, -0.1) is 0 Å². The van der Waals surface area contributed by atoms with Crippen molar-refractivity contribution in [2.45, 2.75) is 0 Å². The van der Waals surface area contributed by atoms with E-state index in [-0.39, 0.29) is 0 Å². The summed E-state index contributed by atoms with van der Waals surface area (Å²) < 4.78 is 7.75. The van der Waals surface area contributed by atoms with Crippen LogP contribution in [0.3, 0.4) is 0 Å². The zero-order chi connectivity index (χ0) is 18.6. The van der Waals surface area contributed by atoms with E-state index in [9.17, 15) is 0 Å². The van der Waals surface area contributed by atoms with Crippen LogP contribution in [0, 0.1) is 0 Å². The number of rotatable bonds is 6. The van der Waals surface area contributed by atoms with Gasteiger partial charge in [-0.2, -0.15) is 15.1 Å². The molecule has 0 aliphatic rings. The molecule has 3 aromatic heterocycles. The van der Waals surface area contributed by atoms with Crippen molar-refractivity contribution in [3.63, 3.8) is 0 Å². The van der Waals surface area contributed by atoms with Crippen molar-refractivity contribution in [2.24, 2.45) is 12.8 Å². The van der Waals surface area contributed by atoms with Crippen LogP contribution >= 0.6 is 0 Å². The first kappa shape index (κ1) is 16.8. The molecule has 0 atom stereocenters. The monoisotopic (exact) mass is 361 g/mol. The molecule has 0 spiro atoms. The second kappa shape index (κ2) is 7.30. The van der Waals surface area contributed by atoms with E-state index in [2.05, 4.69) is 25.4 Å². The Balaban J connectivity index is 1.66. The lowest BCUT2D eigenvalue weighted by molar-refractivity contribution is 0.469. The summed E-state index contributed by atoms with van der Waals surface area (Å²) in [5.41, 5.74) is 7.20. The van der Waals surface area contributed by atoms with Gasteiger partial charge < -0.3 is 20.8 Å².